The SMILES string of the molecule is CCC(C)NC(=S)N(Cc1ccco1)Cc1cc2cc(OC)ccc2[nH]c1=O. The van der Waals surface area contributed by atoms with Crippen molar-refractivity contribution >= 4 is 28.2 Å². The molecule has 2 heterocycles. The van der Waals surface area contributed by atoms with E-state index < -0.39 is 0 Å². The van der Waals surface area contributed by atoms with E-state index in [2.05, 4.69) is 24.1 Å². The molecule has 0 aliphatic rings. The number of hydrogen-bond donors (Lipinski definition) is 2. The van der Waals surface area contributed by atoms with Gasteiger partial charge in [-0.05, 0) is 62.0 Å². The van der Waals surface area contributed by atoms with Crippen molar-refractivity contribution < 1.29 is 9.15 Å². The van der Waals surface area contributed by atoms with E-state index in [0.29, 0.717) is 23.8 Å². The number of benzene rings is 1. The number of nitrogens with zero attached hydrogens (tertiary/aromatic N) is 1. The van der Waals surface area contributed by atoms with E-state index in [1.54, 1.807) is 13.4 Å². The second kappa shape index (κ2) is 8.93. The topological polar surface area (TPSA) is 70.5 Å². The van der Waals surface area contributed by atoms with Gasteiger partial charge in [-0.25, -0.2) is 0 Å². The normalized spacial score (nSPS) is 12.0. The third kappa shape index (κ3) is 4.72. The van der Waals surface area contributed by atoms with Gasteiger partial charge in [0.15, 0.2) is 5.11 Å². The number of rotatable bonds is 7. The Morgan fingerprint density at radius 3 is 2.82 bits per heavy atom. The summed E-state index contributed by atoms with van der Waals surface area (Å²) in [4.78, 5) is 17.5. The second-order valence-corrected chi connectivity index (χ2v) is 7.16. The van der Waals surface area contributed by atoms with Crippen molar-refractivity contribution in [1.29, 1.82) is 0 Å². The highest BCUT2D eigenvalue weighted by Crippen LogP contribution is 2.19. The summed E-state index contributed by atoms with van der Waals surface area (Å²) in [6.07, 6.45) is 2.58. The lowest BCUT2D eigenvalue weighted by atomic mass is 10.1. The summed E-state index contributed by atoms with van der Waals surface area (Å²) >= 11 is 5.61. The molecule has 0 spiro atoms. The van der Waals surface area contributed by atoms with E-state index in [1.165, 1.54) is 0 Å². The molecule has 6 nitrogen and oxygen atoms in total. The quantitative estimate of drug-likeness (QED) is 0.589. The molecule has 0 fully saturated rings. The molecule has 1 unspecified atom stereocenters. The van der Waals surface area contributed by atoms with Crippen LogP contribution >= 0.6 is 12.2 Å². The Hall–Kier alpha value is -2.80. The molecule has 0 saturated carbocycles. The summed E-state index contributed by atoms with van der Waals surface area (Å²) in [6, 6.07) is 11.4. The Labute approximate surface area is 169 Å². The number of H-pyrrole nitrogens is 1. The number of fused-ring (bicyclic) bond motifs is 1. The van der Waals surface area contributed by atoms with Gasteiger partial charge in [-0.15, -0.1) is 0 Å². The van der Waals surface area contributed by atoms with Crippen molar-refractivity contribution in [3.8, 4) is 5.75 Å². The molecule has 0 saturated heterocycles. The average Bonchev–Trinajstić information content (AvgIpc) is 3.20. The van der Waals surface area contributed by atoms with Gasteiger partial charge in [0.1, 0.15) is 11.5 Å². The smallest absolute Gasteiger partial charge is 0.253 e. The van der Waals surface area contributed by atoms with Crippen LogP contribution in [0, 0.1) is 0 Å². The zero-order valence-electron chi connectivity index (χ0n) is 16.3. The number of furan rings is 1. The van der Waals surface area contributed by atoms with Crippen LogP contribution < -0.4 is 15.6 Å². The molecular weight excluding hydrogens is 374 g/mol. The second-order valence-electron chi connectivity index (χ2n) is 6.77. The van der Waals surface area contributed by atoms with Crippen molar-refractivity contribution in [2.24, 2.45) is 0 Å². The molecule has 148 valence electrons. The molecule has 0 amide bonds. The Morgan fingerprint density at radius 2 is 2.14 bits per heavy atom. The average molecular weight is 400 g/mol. The molecule has 28 heavy (non-hydrogen) atoms. The minimum Gasteiger partial charge on any atom is -0.497 e. The zero-order valence-corrected chi connectivity index (χ0v) is 17.1. The summed E-state index contributed by atoms with van der Waals surface area (Å²) in [6.45, 7) is 5.02. The number of methoxy groups -OCH3 is 1. The maximum absolute atomic E-state index is 12.6. The number of aromatic nitrogens is 1. The molecule has 0 aliphatic carbocycles. The lowest BCUT2D eigenvalue weighted by molar-refractivity contribution is 0.346. The third-order valence-corrected chi connectivity index (χ3v) is 5.06. The van der Waals surface area contributed by atoms with Gasteiger partial charge in [0.2, 0.25) is 0 Å². The number of nitrogens with one attached hydrogen (secondary N) is 2. The number of hydrogen-bond acceptors (Lipinski definition) is 4. The van der Waals surface area contributed by atoms with Crippen LogP contribution in [0.2, 0.25) is 0 Å². The number of thiocarbonyl (C=S) groups is 1. The molecule has 7 heteroatoms. The van der Waals surface area contributed by atoms with Gasteiger partial charge >= 0.3 is 0 Å². The highest BCUT2D eigenvalue weighted by Gasteiger charge is 2.16. The van der Waals surface area contributed by atoms with Crippen LogP contribution in [0.25, 0.3) is 10.9 Å². The Bertz CT molecular complexity index is 998. The fraction of sp³-hybridized carbons (Fsp3) is 0.333. The van der Waals surface area contributed by atoms with E-state index in [1.807, 2.05) is 41.3 Å². The lowest BCUT2D eigenvalue weighted by Gasteiger charge is -2.27. The largest absolute Gasteiger partial charge is 0.497 e. The van der Waals surface area contributed by atoms with Crippen LogP contribution in [0.1, 0.15) is 31.6 Å². The van der Waals surface area contributed by atoms with Gasteiger partial charge in [-0.3, -0.25) is 4.79 Å². The van der Waals surface area contributed by atoms with E-state index in [9.17, 15) is 4.79 Å². The van der Waals surface area contributed by atoms with Crippen LogP contribution in [0.5, 0.6) is 5.75 Å². The molecule has 3 rings (SSSR count). The first-order chi connectivity index (χ1) is 13.5. The van der Waals surface area contributed by atoms with E-state index in [-0.39, 0.29) is 11.6 Å². The molecular formula is C21H25N3O3S. The fourth-order valence-corrected chi connectivity index (χ4v) is 3.20. The minimum absolute atomic E-state index is 0.131. The minimum atomic E-state index is -0.131. The first-order valence-corrected chi connectivity index (χ1v) is 9.68. The summed E-state index contributed by atoms with van der Waals surface area (Å²) < 4.78 is 10.8. The Morgan fingerprint density at radius 1 is 1.32 bits per heavy atom. The highest BCUT2D eigenvalue weighted by molar-refractivity contribution is 7.80. The molecule has 0 bridgehead atoms. The van der Waals surface area contributed by atoms with Crippen molar-refractivity contribution in [1.82, 2.24) is 15.2 Å². The van der Waals surface area contributed by atoms with Crippen LogP contribution in [0.15, 0.2) is 51.9 Å². The Kier molecular flexibility index (Phi) is 6.36. The van der Waals surface area contributed by atoms with Crippen molar-refractivity contribution in [2.45, 2.75) is 39.4 Å². The lowest BCUT2D eigenvalue weighted by Crippen LogP contribution is -2.43. The van der Waals surface area contributed by atoms with E-state index in [0.717, 1.165) is 28.8 Å². The summed E-state index contributed by atoms with van der Waals surface area (Å²) in [5.41, 5.74) is 1.27. The zero-order chi connectivity index (χ0) is 20.1. The molecule has 0 aliphatic heterocycles. The first-order valence-electron chi connectivity index (χ1n) is 9.28. The Balaban J connectivity index is 1.91. The monoisotopic (exact) mass is 399 g/mol. The van der Waals surface area contributed by atoms with E-state index in [4.69, 9.17) is 21.4 Å². The molecule has 2 aromatic heterocycles. The number of pyridine rings is 1. The van der Waals surface area contributed by atoms with Gasteiger partial charge in [-0.2, -0.15) is 0 Å². The third-order valence-electron chi connectivity index (χ3n) is 4.69. The molecule has 1 aromatic carbocycles. The van der Waals surface area contributed by atoms with E-state index >= 15 is 0 Å². The molecule has 2 N–H and O–H groups in total. The molecule has 3 aromatic rings. The van der Waals surface area contributed by atoms with Crippen molar-refractivity contribution in [2.75, 3.05) is 7.11 Å². The highest BCUT2D eigenvalue weighted by atomic mass is 32.1. The van der Waals surface area contributed by atoms with Gasteiger partial charge in [-0.1, -0.05) is 6.92 Å². The van der Waals surface area contributed by atoms with Crippen LogP contribution in [0.3, 0.4) is 0 Å². The van der Waals surface area contributed by atoms with Crippen LogP contribution in [0.4, 0.5) is 0 Å². The maximum Gasteiger partial charge on any atom is 0.253 e. The predicted octanol–water partition coefficient (Wildman–Crippen LogP) is 3.80. The summed E-state index contributed by atoms with van der Waals surface area (Å²) in [7, 11) is 1.62. The van der Waals surface area contributed by atoms with Crippen LogP contribution in [-0.4, -0.2) is 28.1 Å². The van der Waals surface area contributed by atoms with Gasteiger partial charge < -0.3 is 24.4 Å². The number of ether oxygens (including phenoxy) is 1. The van der Waals surface area contributed by atoms with Gasteiger partial charge in [0.25, 0.3) is 5.56 Å². The van der Waals surface area contributed by atoms with Gasteiger partial charge in [0.05, 0.1) is 26.5 Å². The molecule has 1 atom stereocenters. The maximum atomic E-state index is 12.6. The standard InChI is InChI=1S/C21H25N3O3S/c1-4-14(2)22-21(28)24(13-18-6-5-9-27-18)12-16-10-15-11-17(26-3)7-8-19(15)23-20(16)25/h5-11,14H,4,12-13H2,1-3H3,(H,22,28)(H,23,25). The van der Waals surface area contributed by atoms with Gasteiger partial charge in [0, 0.05) is 22.5 Å². The van der Waals surface area contributed by atoms with Crippen molar-refractivity contribution in [3.05, 3.63) is 64.3 Å². The van der Waals surface area contributed by atoms with Crippen LogP contribution in [-0.2, 0) is 13.1 Å². The van der Waals surface area contributed by atoms with Crippen molar-refractivity contribution in [3.63, 3.8) is 0 Å². The first kappa shape index (κ1) is 19.9. The summed E-state index contributed by atoms with van der Waals surface area (Å²) in [5.74, 6) is 1.53. The molecule has 0 radical (unpaired) electrons. The fourth-order valence-electron chi connectivity index (χ4n) is 2.87. The number of aromatic amines is 1. The summed E-state index contributed by atoms with van der Waals surface area (Å²) in [5, 5.41) is 4.82. The predicted molar refractivity (Wildman–Crippen MR) is 115 cm³/mol.